The molecule has 7 heteroatoms. The fourth-order valence-electron chi connectivity index (χ4n) is 2.09. The number of amides is 2. The smallest absolute Gasteiger partial charge is 0.320 e. The van der Waals surface area contributed by atoms with E-state index in [9.17, 15) is 4.79 Å². The Labute approximate surface area is 114 Å². The average molecular weight is 272 g/mol. The van der Waals surface area contributed by atoms with Gasteiger partial charge in [0.1, 0.15) is 5.84 Å². The molecule has 0 spiro atoms. The Morgan fingerprint density at radius 1 is 1.37 bits per heavy atom. The molecule has 0 aliphatic carbocycles. The van der Waals surface area contributed by atoms with Crippen LogP contribution in [0.15, 0.2) is 5.16 Å². The van der Waals surface area contributed by atoms with Gasteiger partial charge in [0.15, 0.2) is 0 Å². The second-order valence-corrected chi connectivity index (χ2v) is 4.65. The van der Waals surface area contributed by atoms with Crippen molar-refractivity contribution in [1.82, 2.24) is 9.80 Å². The monoisotopic (exact) mass is 272 g/mol. The van der Waals surface area contributed by atoms with Crippen LogP contribution in [0.3, 0.4) is 0 Å². The zero-order chi connectivity index (χ0) is 14.1. The predicted molar refractivity (Wildman–Crippen MR) is 72.3 cm³/mol. The standard InChI is InChI=1S/C12H24N4O3/c1-19-10-9-16(8-5-11(13)14-18)12(17)15-6-3-2-4-7-15/h18H,2-10H2,1H3,(H2,13,14). The van der Waals surface area contributed by atoms with E-state index in [1.165, 1.54) is 6.42 Å². The molecule has 0 bridgehead atoms. The number of amidine groups is 1. The van der Waals surface area contributed by atoms with Crippen LogP contribution in [-0.4, -0.2) is 66.8 Å². The first-order chi connectivity index (χ1) is 9.19. The van der Waals surface area contributed by atoms with Crippen molar-refractivity contribution in [3.8, 4) is 0 Å². The maximum Gasteiger partial charge on any atom is 0.320 e. The van der Waals surface area contributed by atoms with Crippen LogP contribution >= 0.6 is 0 Å². The number of hydrogen-bond donors (Lipinski definition) is 2. The number of rotatable bonds is 6. The second kappa shape index (κ2) is 8.58. The summed E-state index contributed by atoms with van der Waals surface area (Å²) in [5.41, 5.74) is 5.45. The Hall–Kier alpha value is -1.50. The average Bonchev–Trinajstić information content (AvgIpc) is 2.47. The highest BCUT2D eigenvalue weighted by molar-refractivity contribution is 5.81. The zero-order valence-corrected chi connectivity index (χ0v) is 11.5. The molecule has 1 heterocycles. The van der Waals surface area contributed by atoms with Crippen molar-refractivity contribution in [3.63, 3.8) is 0 Å². The molecule has 1 fully saturated rings. The van der Waals surface area contributed by atoms with Gasteiger partial charge in [-0.1, -0.05) is 5.16 Å². The first-order valence-electron chi connectivity index (χ1n) is 6.68. The highest BCUT2D eigenvalue weighted by Crippen LogP contribution is 2.11. The van der Waals surface area contributed by atoms with E-state index in [4.69, 9.17) is 15.7 Å². The lowest BCUT2D eigenvalue weighted by Gasteiger charge is -2.33. The third kappa shape index (κ3) is 5.34. The van der Waals surface area contributed by atoms with Crippen LogP contribution in [0.5, 0.6) is 0 Å². The SMILES string of the molecule is COCCN(CCC(N)=NO)C(=O)N1CCCCC1. The van der Waals surface area contributed by atoms with Gasteiger partial charge < -0.3 is 25.5 Å². The number of methoxy groups -OCH3 is 1. The molecule has 1 aliphatic heterocycles. The highest BCUT2D eigenvalue weighted by Gasteiger charge is 2.22. The summed E-state index contributed by atoms with van der Waals surface area (Å²) in [5.74, 6) is 0.133. The molecule has 0 aromatic carbocycles. The van der Waals surface area contributed by atoms with Gasteiger partial charge in [-0.05, 0) is 19.3 Å². The van der Waals surface area contributed by atoms with Crippen molar-refractivity contribution in [2.45, 2.75) is 25.7 Å². The van der Waals surface area contributed by atoms with Gasteiger partial charge in [-0.2, -0.15) is 0 Å². The zero-order valence-electron chi connectivity index (χ0n) is 11.5. The summed E-state index contributed by atoms with van der Waals surface area (Å²) in [5, 5.41) is 11.5. The molecular formula is C12H24N4O3. The van der Waals surface area contributed by atoms with Gasteiger partial charge in [0.25, 0.3) is 0 Å². The Bertz CT molecular complexity index is 303. The molecule has 1 aliphatic rings. The number of nitrogens with two attached hydrogens (primary N) is 1. The van der Waals surface area contributed by atoms with Gasteiger partial charge in [-0.15, -0.1) is 0 Å². The molecule has 2 amide bonds. The van der Waals surface area contributed by atoms with E-state index < -0.39 is 0 Å². The number of carbonyl (C=O) groups excluding carboxylic acids is 1. The molecule has 0 atom stereocenters. The number of piperidine rings is 1. The van der Waals surface area contributed by atoms with Gasteiger partial charge in [0, 0.05) is 39.7 Å². The predicted octanol–water partition coefficient (Wildman–Crippen LogP) is 0.677. The molecule has 1 saturated heterocycles. The number of hydrogen-bond acceptors (Lipinski definition) is 4. The molecule has 0 aromatic heterocycles. The summed E-state index contributed by atoms with van der Waals surface area (Å²) in [6.45, 7) is 3.06. The van der Waals surface area contributed by atoms with Crippen molar-refractivity contribution < 1.29 is 14.7 Å². The number of likely N-dealkylation sites (tertiary alicyclic amines) is 1. The van der Waals surface area contributed by atoms with Crippen molar-refractivity contribution in [2.75, 3.05) is 39.9 Å². The van der Waals surface area contributed by atoms with Crippen molar-refractivity contribution >= 4 is 11.9 Å². The normalized spacial score (nSPS) is 16.5. The molecule has 1 rings (SSSR count). The van der Waals surface area contributed by atoms with Crippen LogP contribution in [-0.2, 0) is 4.74 Å². The molecule has 0 unspecified atom stereocenters. The third-order valence-electron chi connectivity index (χ3n) is 3.23. The van der Waals surface area contributed by atoms with Gasteiger partial charge in [-0.3, -0.25) is 0 Å². The quantitative estimate of drug-likeness (QED) is 0.322. The topological polar surface area (TPSA) is 91.4 Å². The van der Waals surface area contributed by atoms with Gasteiger partial charge >= 0.3 is 6.03 Å². The second-order valence-electron chi connectivity index (χ2n) is 4.65. The summed E-state index contributed by atoms with van der Waals surface area (Å²) in [6.07, 6.45) is 3.67. The fraction of sp³-hybridized carbons (Fsp3) is 0.833. The molecule has 7 nitrogen and oxygen atoms in total. The molecule has 3 N–H and O–H groups in total. The molecule has 19 heavy (non-hydrogen) atoms. The van der Waals surface area contributed by atoms with E-state index in [1.807, 2.05) is 4.90 Å². The van der Waals surface area contributed by atoms with Crippen LogP contribution in [0.2, 0.25) is 0 Å². The third-order valence-corrected chi connectivity index (χ3v) is 3.23. The summed E-state index contributed by atoms with van der Waals surface area (Å²) >= 11 is 0. The molecular weight excluding hydrogens is 248 g/mol. The molecule has 0 radical (unpaired) electrons. The Kier molecular flexibility index (Phi) is 7.02. The summed E-state index contributed by atoms with van der Waals surface area (Å²) in [7, 11) is 1.60. The lowest BCUT2D eigenvalue weighted by atomic mass is 10.1. The minimum Gasteiger partial charge on any atom is -0.409 e. The largest absolute Gasteiger partial charge is 0.409 e. The number of carbonyl (C=O) groups is 1. The van der Waals surface area contributed by atoms with Crippen LogP contribution in [0.4, 0.5) is 4.79 Å². The van der Waals surface area contributed by atoms with Crippen LogP contribution in [0, 0.1) is 0 Å². The summed E-state index contributed by atoms with van der Waals surface area (Å²) < 4.78 is 5.02. The van der Waals surface area contributed by atoms with Gasteiger partial charge in [0.05, 0.1) is 6.61 Å². The highest BCUT2D eigenvalue weighted by atomic mass is 16.5. The van der Waals surface area contributed by atoms with E-state index in [2.05, 4.69) is 5.16 Å². The van der Waals surface area contributed by atoms with Crippen molar-refractivity contribution in [1.29, 1.82) is 0 Å². The lowest BCUT2D eigenvalue weighted by Crippen LogP contribution is -2.47. The van der Waals surface area contributed by atoms with Crippen molar-refractivity contribution in [2.24, 2.45) is 10.9 Å². The van der Waals surface area contributed by atoms with Crippen molar-refractivity contribution in [3.05, 3.63) is 0 Å². The molecule has 0 saturated carbocycles. The van der Waals surface area contributed by atoms with E-state index in [0.717, 1.165) is 25.9 Å². The number of oxime groups is 1. The first-order valence-corrected chi connectivity index (χ1v) is 6.68. The Balaban J connectivity index is 2.52. The maximum atomic E-state index is 12.4. The van der Waals surface area contributed by atoms with E-state index in [0.29, 0.717) is 26.1 Å². The van der Waals surface area contributed by atoms with Gasteiger partial charge in [-0.25, -0.2) is 4.79 Å². The molecule has 0 aromatic rings. The van der Waals surface area contributed by atoms with E-state index in [-0.39, 0.29) is 11.9 Å². The van der Waals surface area contributed by atoms with Gasteiger partial charge in [0.2, 0.25) is 0 Å². The number of ether oxygens (including phenoxy) is 1. The van der Waals surface area contributed by atoms with E-state index in [1.54, 1.807) is 12.0 Å². The Morgan fingerprint density at radius 3 is 2.63 bits per heavy atom. The number of urea groups is 1. The minimum absolute atomic E-state index is 0.0162. The molecule has 110 valence electrons. The maximum absolute atomic E-state index is 12.4. The van der Waals surface area contributed by atoms with Crippen LogP contribution < -0.4 is 5.73 Å². The first kappa shape index (κ1) is 15.6. The minimum atomic E-state index is 0.0162. The van der Waals surface area contributed by atoms with E-state index >= 15 is 0 Å². The summed E-state index contributed by atoms with van der Waals surface area (Å²) in [6, 6.07) is 0.0162. The van der Waals surface area contributed by atoms with Crippen LogP contribution in [0.25, 0.3) is 0 Å². The lowest BCUT2D eigenvalue weighted by molar-refractivity contribution is 0.120. The fourth-order valence-corrected chi connectivity index (χ4v) is 2.09. The van der Waals surface area contributed by atoms with Crippen LogP contribution in [0.1, 0.15) is 25.7 Å². The summed E-state index contributed by atoms with van der Waals surface area (Å²) in [4.78, 5) is 15.9. The number of nitrogens with zero attached hydrogens (tertiary/aromatic N) is 3. The Morgan fingerprint density at radius 2 is 2.05 bits per heavy atom.